The molecule has 0 spiro atoms. The predicted molar refractivity (Wildman–Crippen MR) is 71.7 cm³/mol. The molecule has 1 amide bonds. The van der Waals surface area contributed by atoms with Crippen LogP contribution in [0.15, 0.2) is 0 Å². The number of aliphatic hydroxyl groups is 1. The zero-order valence-electron chi connectivity index (χ0n) is 12.8. The van der Waals surface area contributed by atoms with Gasteiger partial charge in [0.1, 0.15) is 0 Å². The molecule has 0 radical (unpaired) electrons. The fourth-order valence-electron chi connectivity index (χ4n) is 3.06. The lowest BCUT2D eigenvalue weighted by molar-refractivity contribution is -0.152. The van der Waals surface area contributed by atoms with Crippen LogP contribution in [-0.2, 0) is 19.0 Å². The Morgan fingerprint density at radius 1 is 1.30 bits per heavy atom. The van der Waals surface area contributed by atoms with Gasteiger partial charge in [-0.05, 0) is 27.7 Å². The topological polar surface area (TPSA) is 91.0 Å². The molecular weight excluding hydrogens is 262 g/mol. The number of ether oxygens (including phenoxy) is 3. The maximum Gasteiger partial charge on any atom is 0.222 e. The summed E-state index contributed by atoms with van der Waals surface area (Å²) in [5.74, 6) is -1.96. The second-order valence-electron chi connectivity index (χ2n) is 6.77. The molecule has 2 rings (SSSR count). The molecule has 2 unspecified atom stereocenters. The van der Waals surface area contributed by atoms with Gasteiger partial charge in [-0.2, -0.15) is 0 Å². The number of aliphatic hydroxyl groups excluding tert-OH is 1. The van der Waals surface area contributed by atoms with Crippen LogP contribution < -0.4 is 5.73 Å². The minimum atomic E-state index is -0.741. The molecule has 5 atom stereocenters. The van der Waals surface area contributed by atoms with E-state index in [1.165, 1.54) is 0 Å². The fourth-order valence-corrected chi connectivity index (χ4v) is 3.06. The molecule has 0 aromatic heterocycles. The van der Waals surface area contributed by atoms with Crippen molar-refractivity contribution in [3.63, 3.8) is 0 Å². The van der Waals surface area contributed by atoms with E-state index >= 15 is 0 Å². The molecule has 6 heteroatoms. The van der Waals surface area contributed by atoms with Gasteiger partial charge in [0.15, 0.2) is 5.79 Å². The van der Waals surface area contributed by atoms with Gasteiger partial charge in [0, 0.05) is 5.92 Å². The van der Waals surface area contributed by atoms with Crippen LogP contribution in [0.5, 0.6) is 0 Å². The maximum atomic E-state index is 11.5. The van der Waals surface area contributed by atoms with Crippen molar-refractivity contribution in [1.82, 2.24) is 0 Å². The average molecular weight is 287 g/mol. The van der Waals surface area contributed by atoms with Gasteiger partial charge in [0.2, 0.25) is 5.91 Å². The van der Waals surface area contributed by atoms with Crippen LogP contribution >= 0.6 is 0 Å². The number of hydrogen-bond donors (Lipinski definition) is 2. The van der Waals surface area contributed by atoms with Crippen molar-refractivity contribution in [3.8, 4) is 0 Å². The normalized spacial score (nSPS) is 40.7. The standard InChI is InChI=1S/C14H25NO5/c1-7(12(15)17)10-9(11(16)13(2,3)20-10)8-6-18-14(4,5)19-8/h7-11,16H,6H2,1-5H3,(H2,15,17)/t7-,8-,9?,10-,11?/m1/s1. The minimum absolute atomic E-state index is 0.312. The van der Waals surface area contributed by atoms with E-state index < -0.39 is 35.4 Å². The summed E-state index contributed by atoms with van der Waals surface area (Å²) in [4.78, 5) is 11.5. The number of rotatable bonds is 3. The molecule has 2 aliphatic rings. The highest BCUT2D eigenvalue weighted by Crippen LogP contribution is 2.43. The summed E-state index contributed by atoms with van der Waals surface area (Å²) in [6.07, 6.45) is -1.52. The van der Waals surface area contributed by atoms with Gasteiger partial charge in [0.05, 0.1) is 36.4 Å². The number of carbonyl (C=O) groups excluding carboxylic acids is 1. The molecule has 2 saturated heterocycles. The summed E-state index contributed by atoms with van der Waals surface area (Å²) < 4.78 is 17.3. The zero-order chi connectivity index (χ0) is 15.3. The molecule has 116 valence electrons. The Morgan fingerprint density at radius 3 is 2.35 bits per heavy atom. The number of primary amides is 1. The molecule has 3 N–H and O–H groups in total. The van der Waals surface area contributed by atoms with Crippen LogP contribution in [0.3, 0.4) is 0 Å². The molecule has 20 heavy (non-hydrogen) atoms. The highest BCUT2D eigenvalue weighted by atomic mass is 16.7. The van der Waals surface area contributed by atoms with Gasteiger partial charge >= 0.3 is 0 Å². The van der Waals surface area contributed by atoms with Crippen molar-refractivity contribution in [2.24, 2.45) is 17.6 Å². The number of carbonyl (C=O) groups is 1. The molecular formula is C14H25NO5. The maximum absolute atomic E-state index is 11.5. The summed E-state index contributed by atoms with van der Waals surface area (Å²) in [6.45, 7) is 9.35. The highest BCUT2D eigenvalue weighted by Gasteiger charge is 2.56. The van der Waals surface area contributed by atoms with Crippen molar-refractivity contribution >= 4 is 5.91 Å². The SMILES string of the molecule is C[C@@H](C(N)=O)[C@H]1OC(C)(C)C(O)C1[C@H]1COC(C)(C)O1. The quantitative estimate of drug-likeness (QED) is 0.784. The van der Waals surface area contributed by atoms with Crippen LogP contribution in [0, 0.1) is 11.8 Å². The molecule has 2 fully saturated rings. The Bertz CT molecular complexity index is 395. The summed E-state index contributed by atoms with van der Waals surface area (Å²) in [6, 6.07) is 0. The average Bonchev–Trinajstić information content (AvgIpc) is 2.77. The lowest BCUT2D eigenvalue weighted by atomic mass is 9.82. The second-order valence-corrected chi connectivity index (χ2v) is 6.77. The Hall–Kier alpha value is -0.690. The lowest BCUT2D eigenvalue weighted by Crippen LogP contribution is -2.44. The van der Waals surface area contributed by atoms with E-state index in [9.17, 15) is 9.90 Å². The highest BCUT2D eigenvalue weighted by molar-refractivity contribution is 5.77. The van der Waals surface area contributed by atoms with Crippen molar-refractivity contribution in [1.29, 1.82) is 0 Å². The lowest BCUT2D eigenvalue weighted by Gasteiger charge is -2.28. The molecule has 0 aromatic carbocycles. The van der Waals surface area contributed by atoms with Gasteiger partial charge in [-0.3, -0.25) is 4.79 Å². The summed E-state index contributed by atoms with van der Waals surface area (Å²) in [5, 5.41) is 10.5. The largest absolute Gasteiger partial charge is 0.390 e. The Kier molecular flexibility index (Phi) is 3.88. The summed E-state index contributed by atoms with van der Waals surface area (Å²) >= 11 is 0. The van der Waals surface area contributed by atoms with Crippen molar-refractivity contribution in [2.75, 3.05) is 6.61 Å². The van der Waals surface area contributed by atoms with Crippen molar-refractivity contribution in [2.45, 2.75) is 64.3 Å². The van der Waals surface area contributed by atoms with Gasteiger partial charge in [-0.25, -0.2) is 0 Å². The van der Waals surface area contributed by atoms with Gasteiger partial charge in [-0.15, -0.1) is 0 Å². The fraction of sp³-hybridized carbons (Fsp3) is 0.929. The minimum Gasteiger partial charge on any atom is -0.390 e. The van der Waals surface area contributed by atoms with Crippen LogP contribution in [0.4, 0.5) is 0 Å². The predicted octanol–water partition coefficient (Wildman–Crippen LogP) is 0.414. The first kappa shape index (κ1) is 15.7. The van der Waals surface area contributed by atoms with E-state index in [2.05, 4.69) is 0 Å². The number of hydrogen-bond acceptors (Lipinski definition) is 5. The van der Waals surface area contributed by atoms with Gasteiger partial charge in [0.25, 0.3) is 0 Å². The van der Waals surface area contributed by atoms with Gasteiger partial charge < -0.3 is 25.1 Å². The molecule has 2 heterocycles. The van der Waals surface area contributed by atoms with E-state index in [0.29, 0.717) is 6.61 Å². The van der Waals surface area contributed by atoms with Crippen molar-refractivity contribution < 1.29 is 24.1 Å². The Morgan fingerprint density at radius 2 is 1.90 bits per heavy atom. The first-order valence-corrected chi connectivity index (χ1v) is 7.02. The molecule has 0 aliphatic carbocycles. The van der Waals surface area contributed by atoms with Crippen LogP contribution in [0.25, 0.3) is 0 Å². The van der Waals surface area contributed by atoms with Crippen LogP contribution in [0.2, 0.25) is 0 Å². The second kappa shape index (κ2) is 4.94. The van der Waals surface area contributed by atoms with E-state index in [1.54, 1.807) is 20.8 Å². The Labute approximate surface area is 119 Å². The first-order chi connectivity index (χ1) is 9.05. The van der Waals surface area contributed by atoms with Crippen LogP contribution in [0.1, 0.15) is 34.6 Å². The van der Waals surface area contributed by atoms with E-state index in [4.69, 9.17) is 19.9 Å². The van der Waals surface area contributed by atoms with Crippen LogP contribution in [-0.4, -0.2) is 47.3 Å². The van der Waals surface area contributed by atoms with E-state index in [1.807, 2.05) is 13.8 Å². The monoisotopic (exact) mass is 287 g/mol. The molecule has 2 aliphatic heterocycles. The smallest absolute Gasteiger partial charge is 0.222 e. The summed E-state index contributed by atoms with van der Waals surface area (Å²) in [7, 11) is 0. The van der Waals surface area contributed by atoms with Gasteiger partial charge in [-0.1, -0.05) is 6.92 Å². The summed E-state index contributed by atoms with van der Waals surface area (Å²) in [5.41, 5.74) is 4.65. The third kappa shape index (κ3) is 2.70. The number of amides is 1. The first-order valence-electron chi connectivity index (χ1n) is 7.02. The zero-order valence-corrected chi connectivity index (χ0v) is 12.8. The molecule has 6 nitrogen and oxygen atoms in total. The van der Waals surface area contributed by atoms with Crippen molar-refractivity contribution in [3.05, 3.63) is 0 Å². The third-order valence-corrected chi connectivity index (χ3v) is 4.30. The molecule has 0 aromatic rings. The Balaban J connectivity index is 2.24. The van der Waals surface area contributed by atoms with E-state index in [-0.39, 0.29) is 12.0 Å². The number of nitrogens with two attached hydrogens (primary N) is 1. The van der Waals surface area contributed by atoms with E-state index in [0.717, 1.165) is 0 Å². The molecule has 0 bridgehead atoms. The third-order valence-electron chi connectivity index (χ3n) is 4.30. The molecule has 0 saturated carbocycles.